The molecule has 2 amide bonds. The first-order valence-electron chi connectivity index (χ1n) is 6.10. The Morgan fingerprint density at radius 3 is 2.00 bits per heavy atom. The molecule has 0 saturated heterocycles. The van der Waals surface area contributed by atoms with E-state index in [1.165, 1.54) is 4.90 Å². The average Bonchev–Trinajstić information content (AvgIpc) is 2.09. The number of nitrogens with one attached hydrogen (secondary N) is 1. The number of hydrogen-bond acceptors (Lipinski definition) is 3. The van der Waals surface area contributed by atoms with Crippen LogP contribution in [0, 0.1) is 0 Å². The van der Waals surface area contributed by atoms with Crippen LogP contribution in [0.4, 0.5) is 0 Å². The molecule has 0 aliphatic carbocycles. The Morgan fingerprint density at radius 1 is 1.11 bits per heavy atom. The summed E-state index contributed by atoms with van der Waals surface area (Å²) in [6.07, 6.45) is 0. The summed E-state index contributed by atoms with van der Waals surface area (Å²) in [6, 6.07) is 0. The van der Waals surface area contributed by atoms with Gasteiger partial charge in [-0.05, 0) is 41.5 Å². The van der Waals surface area contributed by atoms with Gasteiger partial charge in [-0.15, -0.1) is 0 Å². The largest absolute Gasteiger partial charge is 0.366 e. The van der Waals surface area contributed by atoms with E-state index in [1.807, 2.05) is 41.5 Å². The van der Waals surface area contributed by atoms with Crippen LogP contribution in [-0.2, 0) is 14.3 Å². The standard InChI is InChI=1S/C13H26N2O3/c1-12(2,3)14-10(16)8-15(7)11(17)9-18-13(4,5)6/h8-9H2,1-7H3,(H,14,16). The van der Waals surface area contributed by atoms with Gasteiger partial charge in [-0.3, -0.25) is 9.59 Å². The van der Waals surface area contributed by atoms with Crippen LogP contribution in [0.5, 0.6) is 0 Å². The Balaban J connectivity index is 4.13. The molecule has 1 N–H and O–H groups in total. The average molecular weight is 258 g/mol. The number of hydrogen-bond donors (Lipinski definition) is 1. The van der Waals surface area contributed by atoms with Crippen molar-refractivity contribution in [1.82, 2.24) is 10.2 Å². The van der Waals surface area contributed by atoms with E-state index in [-0.39, 0.29) is 36.1 Å². The van der Waals surface area contributed by atoms with Crippen molar-refractivity contribution in [2.24, 2.45) is 0 Å². The second-order valence-corrected chi connectivity index (χ2v) is 6.45. The molecule has 5 nitrogen and oxygen atoms in total. The van der Waals surface area contributed by atoms with Crippen LogP contribution >= 0.6 is 0 Å². The van der Waals surface area contributed by atoms with Crippen molar-refractivity contribution in [2.45, 2.75) is 52.7 Å². The normalized spacial score (nSPS) is 12.2. The van der Waals surface area contributed by atoms with Gasteiger partial charge in [-0.2, -0.15) is 0 Å². The molecule has 0 aromatic rings. The fourth-order valence-electron chi connectivity index (χ4n) is 1.15. The summed E-state index contributed by atoms with van der Waals surface area (Å²) in [5.74, 6) is -0.372. The molecule has 0 aromatic heterocycles. The highest BCUT2D eigenvalue weighted by atomic mass is 16.5. The first kappa shape index (κ1) is 16.9. The molecule has 0 aromatic carbocycles. The Kier molecular flexibility index (Phi) is 5.80. The number of carbonyl (C=O) groups is 2. The Morgan fingerprint density at radius 2 is 1.61 bits per heavy atom. The minimum atomic E-state index is -0.357. The van der Waals surface area contributed by atoms with Gasteiger partial charge in [0, 0.05) is 12.6 Å². The first-order valence-corrected chi connectivity index (χ1v) is 6.10. The van der Waals surface area contributed by atoms with E-state index in [0.717, 1.165) is 0 Å². The molecule has 5 heteroatoms. The number of rotatable bonds is 4. The SMILES string of the molecule is CN(CC(=O)NC(C)(C)C)C(=O)COC(C)(C)C. The smallest absolute Gasteiger partial charge is 0.248 e. The van der Waals surface area contributed by atoms with Crippen LogP contribution in [0.2, 0.25) is 0 Å². The quantitative estimate of drug-likeness (QED) is 0.823. The van der Waals surface area contributed by atoms with E-state index in [4.69, 9.17) is 4.74 Å². The number of nitrogens with zero attached hydrogens (tertiary/aromatic N) is 1. The van der Waals surface area contributed by atoms with E-state index in [0.29, 0.717) is 0 Å². The van der Waals surface area contributed by atoms with Crippen LogP contribution in [0.15, 0.2) is 0 Å². The molecule has 106 valence electrons. The molecule has 0 bridgehead atoms. The predicted octanol–water partition coefficient (Wildman–Crippen LogP) is 1.17. The third-order valence-electron chi connectivity index (χ3n) is 1.95. The van der Waals surface area contributed by atoms with Gasteiger partial charge in [0.05, 0.1) is 12.1 Å². The zero-order chi connectivity index (χ0) is 14.6. The minimum absolute atomic E-state index is 0.0111. The zero-order valence-corrected chi connectivity index (χ0v) is 12.6. The van der Waals surface area contributed by atoms with Gasteiger partial charge in [-0.25, -0.2) is 0 Å². The van der Waals surface area contributed by atoms with Crippen molar-refractivity contribution in [3.8, 4) is 0 Å². The fourth-order valence-corrected chi connectivity index (χ4v) is 1.15. The van der Waals surface area contributed by atoms with Crippen molar-refractivity contribution in [2.75, 3.05) is 20.2 Å². The lowest BCUT2D eigenvalue weighted by atomic mass is 10.1. The molecule has 0 atom stereocenters. The highest BCUT2D eigenvalue weighted by Gasteiger charge is 2.19. The molecule has 0 spiro atoms. The number of ether oxygens (including phenoxy) is 1. The maximum atomic E-state index is 11.7. The molecular weight excluding hydrogens is 232 g/mol. The van der Waals surface area contributed by atoms with E-state index in [2.05, 4.69) is 5.32 Å². The maximum absolute atomic E-state index is 11.7. The van der Waals surface area contributed by atoms with E-state index >= 15 is 0 Å². The fraction of sp³-hybridized carbons (Fsp3) is 0.846. The van der Waals surface area contributed by atoms with Crippen molar-refractivity contribution in [3.05, 3.63) is 0 Å². The molecule has 0 saturated carbocycles. The van der Waals surface area contributed by atoms with Gasteiger partial charge in [-0.1, -0.05) is 0 Å². The summed E-state index contributed by atoms with van der Waals surface area (Å²) in [4.78, 5) is 24.7. The highest BCUT2D eigenvalue weighted by molar-refractivity contribution is 5.85. The van der Waals surface area contributed by atoms with E-state index in [9.17, 15) is 9.59 Å². The second kappa shape index (κ2) is 6.18. The van der Waals surface area contributed by atoms with Gasteiger partial charge in [0.2, 0.25) is 11.8 Å². The summed E-state index contributed by atoms with van der Waals surface area (Å²) in [6.45, 7) is 11.4. The molecule has 0 fully saturated rings. The number of carbonyl (C=O) groups excluding carboxylic acids is 2. The number of likely N-dealkylation sites (N-methyl/N-ethyl adjacent to an activating group) is 1. The van der Waals surface area contributed by atoms with E-state index in [1.54, 1.807) is 7.05 Å². The monoisotopic (exact) mass is 258 g/mol. The van der Waals surface area contributed by atoms with Gasteiger partial charge >= 0.3 is 0 Å². The number of amides is 2. The van der Waals surface area contributed by atoms with Crippen molar-refractivity contribution >= 4 is 11.8 Å². The van der Waals surface area contributed by atoms with Gasteiger partial charge in [0.25, 0.3) is 0 Å². The van der Waals surface area contributed by atoms with Gasteiger partial charge in [0.15, 0.2) is 0 Å². The van der Waals surface area contributed by atoms with Gasteiger partial charge < -0.3 is 15.0 Å². The molecule has 0 aliphatic rings. The zero-order valence-electron chi connectivity index (χ0n) is 12.6. The summed E-state index contributed by atoms with van der Waals surface area (Å²) in [5.41, 5.74) is -0.646. The second-order valence-electron chi connectivity index (χ2n) is 6.45. The lowest BCUT2D eigenvalue weighted by Crippen LogP contribution is -2.47. The van der Waals surface area contributed by atoms with Crippen LogP contribution < -0.4 is 5.32 Å². The van der Waals surface area contributed by atoms with Crippen LogP contribution in [0.3, 0.4) is 0 Å². The lowest BCUT2D eigenvalue weighted by molar-refractivity contribution is -0.142. The summed E-state index contributed by atoms with van der Waals surface area (Å²) < 4.78 is 5.37. The maximum Gasteiger partial charge on any atom is 0.248 e. The minimum Gasteiger partial charge on any atom is -0.366 e. The van der Waals surface area contributed by atoms with Crippen LogP contribution in [0.1, 0.15) is 41.5 Å². The van der Waals surface area contributed by atoms with Gasteiger partial charge in [0.1, 0.15) is 6.61 Å². The first-order chi connectivity index (χ1) is 7.91. The summed E-state index contributed by atoms with van der Waals surface area (Å²) >= 11 is 0. The topological polar surface area (TPSA) is 58.6 Å². The third kappa shape index (κ3) is 8.98. The molecule has 0 aliphatic heterocycles. The summed E-state index contributed by atoms with van der Waals surface area (Å²) in [7, 11) is 1.59. The lowest BCUT2D eigenvalue weighted by Gasteiger charge is -2.25. The molecule has 0 rings (SSSR count). The van der Waals surface area contributed by atoms with Crippen molar-refractivity contribution in [1.29, 1.82) is 0 Å². The Labute approximate surface area is 110 Å². The van der Waals surface area contributed by atoms with E-state index < -0.39 is 0 Å². The van der Waals surface area contributed by atoms with Crippen molar-refractivity contribution in [3.63, 3.8) is 0 Å². The molecule has 0 unspecified atom stereocenters. The highest BCUT2D eigenvalue weighted by Crippen LogP contribution is 2.06. The van der Waals surface area contributed by atoms with Crippen LogP contribution in [0.25, 0.3) is 0 Å². The predicted molar refractivity (Wildman–Crippen MR) is 71.2 cm³/mol. The molecule has 0 heterocycles. The van der Waals surface area contributed by atoms with Crippen molar-refractivity contribution < 1.29 is 14.3 Å². The Hall–Kier alpha value is -1.10. The molecule has 18 heavy (non-hydrogen) atoms. The third-order valence-corrected chi connectivity index (χ3v) is 1.95. The summed E-state index contributed by atoms with van der Waals surface area (Å²) in [5, 5.41) is 2.80. The molecular formula is C13H26N2O3. The Bertz CT molecular complexity index is 300. The van der Waals surface area contributed by atoms with Crippen LogP contribution in [-0.4, -0.2) is 48.1 Å². The molecule has 0 radical (unpaired) electrons.